The molecule has 7 nitrogen and oxygen atoms in total. The Morgan fingerprint density at radius 1 is 1.21 bits per heavy atom. The Hall–Kier alpha value is -2.80. The maximum absolute atomic E-state index is 12.5. The fourth-order valence-electron chi connectivity index (χ4n) is 4.51. The van der Waals surface area contributed by atoms with Crippen molar-refractivity contribution in [2.45, 2.75) is 44.9 Å². The predicted molar refractivity (Wildman–Crippen MR) is 112 cm³/mol. The van der Waals surface area contributed by atoms with Crippen LogP contribution >= 0.6 is 0 Å². The molecule has 1 saturated carbocycles. The molecule has 0 atom stereocenters. The number of hydrogen-bond donors (Lipinski definition) is 2. The monoisotopic (exact) mass is 390 g/mol. The van der Waals surface area contributed by atoms with Crippen molar-refractivity contribution < 1.29 is 4.79 Å². The number of hydrogen-bond acceptors (Lipinski definition) is 5. The molecule has 1 saturated heterocycles. The van der Waals surface area contributed by atoms with Gasteiger partial charge in [-0.15, -0.1) is 0 Å². The van der Waals surface area contributed by atoms with Crippen LogP contribution in [0.3, 0.4) is 0 Å². The molecule has 2 aromatic rings. The van der Waals surface area contributed by atoms with E-state index in [0.717, 1.165) is 24.2 Å². The van der Waals surface area contributed by atoms with Crippen molar-refractivity contribution in [2.75, 3.05) is 19.6 Å². The summed E-state index contributed by atoms with van der Waals surface area (Å²) in [5.41, 5.74) is 9.60. The summed E-state index contributed by atoms with van der Waals surface area (Å²) in [4.78, 5) is 26.7. The number of amides is 1. The quantitative estimate of drug-likeness (QED) is 0.742. The Morgan fingerprint density at radius 3 is 2.69 bits per heavy atom. The van der Waals surface area contributed by atoms with Crippen molar-refractivity contribution in [3.63, 3.8) is 0 Å². The molecule has 5 rings (SSSR count). The van der Waals surface area contributed by atoms with Crippen molar-refractivity contribution in [1.82, 2.24) is 25.3 Å². The summed E-state index contributed by atoms with van der Waals surface area (Å²) in [6, 6.07) is 0. The number of aryl methyl sites for hydroxylation is 1. The van der Waals surface area contributed by atoms with Gasteiger partial charge in [0.25, 0.3) is 5.91 Å². The zero-order valence-electron chi connectivity index (χ0n) is 16.7. The first-order valence-electron chi connectivity index (χ1n) is 10.5. The van der Waals surface area contributed by atoms with Gasteiger partial charge in [-0.3, -0.25) is 4.79 Å². The van der Waals surface area contributed by atoms with E-state index in [9.17, 15) is 4.79 Å². The van der Waals surface area contributed by atoms with E-state index in [1.807, 2.05) is 6.08 Å². The third-order valence-electron chi connectivity index (χ3n) is 6.14. The molecule has 2 N–H and O–H groups in total. The second-order valence-corrected chi connectivity index (χ2v) is 8.22. The van der Waals surface area contributed by atoms with Crippen LogP contribution in [0.1, 0.15) is 59.7 Å². The number of hydrazone groups is 1. The minimum Gasteiger partial charge on any atom is -0.359 e. The average molecular weight is 390 g/mol. The highest BCUT2D eigenvalue weighted by atomic mass is 16.2. The smallest absolute Gasteiger partial charge is 0.273 e. The Morgan fingerprint density at radius 2 is 1.97 bits per heavy atom. The highest BCUT2D eigenvalue weighted by Crippen LogP contribution is 2.45. The fraction of sp³-hybridized carbons (Fsp3) is 0.455. The van der Waals surface area contributed by atoms with Crippen LogP contribution in [-0.4, -0.2) is 51.1 Å². The van der Waals surface area contributed by atoms with Crippen LogP contribution < -0.4 is 5.43 Å². The molecule has 4 heterocycles. The first-order valence-corrected chi connectivity index (χ1v) is 10.5. The van der Waals surface area contributed by atoms with Crippen molar-refractivity contribution in [1.29, 1.82) is 0 Å². The van der Waals surface area contributed by atoms with Gasteiger partial charge in [0.1, 0.15) is 12.0 Å². The lowest BCUT2D eigenvalue weighted by molar-refractivity contribution is -0.116. The molecule has 0 unspecified atom stereocenters. The van der Waals surface area contributed by atoms with Gasteiger partial charge in [0, 0.05) is 35.9 Å². The molecule has 0 bridgehead atoms. The summed E-state index contributed by atoms with van der Waals surface area (Å²) in [7, 11) is 0. The molecule has 2 aromatic heterocycles. The minimum absolute atomic E-state index is 0.184. The molecule has 2 fully saturated rings. The lowest BCUT2D eigenvalue weighted by Crippen LogP contribution is -2.22. The maximum Gasteiger partial charge on any atom is 0.273 e. The molecular formula is C22H26N6O. The molecule has 7 heteroatoms. The summed E-state index contributed by atoms with van der Waals surface area (Å²) in [6.45, 7) is 5.71. The van der Waals surface area contributed by atoms with E-state index >= 15 is 0 Å². The molecule has 0 aromatic carbocycles. The third-order valence-corrected chi connectivity index (χ3v) is 6.14. The lowest BCUT2D eigenvalue weighted by Gasteiger charge is -2.15. The van der Waals surface area contributed by atoms with Gasteiger partial charge in [-0.2, -0.15) is 5.10 Å². The normalized spacial score (nSPS) is 21.1. The van der Waals surface area contributed by atoms with Crippen molar-refractivity contribution >= 4 is 17.7 Å². The highest BCUT2D eigenvalue weighted by molar-refractivity contribution is 6.33. The van der Waals surface area contributed by atoms with E-state index in [1.54, 1.807) is 12.4 Å². The topological polar surface area (TPSA) is 86.3 Å². The molecule has 1 amide bonds. The molecular weight excluding hydrogens is 364 g/mol. The third kappa shape index (κ3) is 3.62. The van der Waals surface area contributed by atoms with Gasteiger partial charge in [0.2, 0.25) is 0 Å². The largest absolute Gasteiger partial charge is 0.359 e. The summed E-state index contributed by atoms with van der Waals surface area (Å²) in [5.74, 6) is 0.418. The molecule has 3 aliphatic rings. The van der Waals surface area contributed by atoms with Crippen LogP contribution in [0.4, 0.5) is 0 Å². The number of aromatic nitrogens is 3. The van der Waals surface area contributed by atoms with Crippen molar-refractivity contribution in [2.24, 2.45) is 5.10 Å². The fourth-order valence-corrected chi connectivity index (χ4v) is 4.51. The Labute approximate surface area is 170 Å². The van der Waals surface area contributed by atoms with Gasteiger partial charge in [0.05, 0.1) is 5.57 Å². The maximum atomic E-state index is 12.5. The molecule has 1 aliphatic carbocycles. The summed E-state index contributed by atoms with van der Waals surface area (Å²) in [5, 5.41) is 4.22. The number of aromatic amines is 1. The van der Waals surface area contributed by atoms with Gasteiger partial charge in [-0.1, -0.05) is 0 Å². The lowest BCUT2D eigenvalue weighted by atomic mass is 9.98. The van der Waals surface area contributed by atoms with E-state index < -0.39 is 0 Å². The second-order valence-electron chi connectivity index (χ2n) is 8.22. The van der Waals surface area contributed by atoms with Crippen LogP contribution in [0.2, 0.25) is 0 Å². The first kappa shape index (κ1) is 18.2. The molecule has 29 heavy (non-hydrogen) atoms. The van der Waals surface area contributed by atoms with Crippen LogP contribution in [0, 0.1) is 6.92 Å². The van der Waals surface area contributed by atoms with E-state index in [1.165, 1.54) is 61.9 Å². The molecule has 0 spiro atoms. The predicted octanol–water partition coefficient (Wildman–Crippen LogP) is 2.55. The summed E-state index contributed by atoms with van der Waals surface area (Å²) >= 11 is 0. The second kappa shape index (κ2) is 7.55. The molecule has 150 valence electrons. The van der Waals surface area contributed by atoms with Crippen LogP contribution in [0.5, 0.6) is 0 Å². The molecule has 2 aliphatic heterocycles. The average Bonchev–Trinajstić information content (AvgIpc) is 3.16. The first-order chi connectivity index (χ1) is 14.2. The standard InChI is InChI=1S/C22H26N6O/c1-14-17(6-9-28-7-2-3-8-28)20(15-4-5-15)19(25-14)10-18-21(26-27-22(18)29)16-11-23-13-24-12-16/h10-13,15,25H,2-9H2,1H3,(H,27,29)/b18-10+. The van der Waals surface area contributed by atoms with Gasteiger partial charge < -0.3 is 9.88 Å². The number of likely N-dealkylation sites (tertiary alicyclic amines) is 1. The van der Waals surface area contributed by atoms with Gasteiger partial charge in [-0.25, -0.2) is 15.4 Å². The summed E-state index contributed by atoms with van der Waals surface area (Å²) in [6.07, 6.45) is 13.0. The number of carbonyl (C=O) groups is 1. The van der Waals surface area contributed by atoms with Crippen LogP contribution in [0.15, 0.2) is 29.4 Å². The zero-order chi connectivity index (χ0) is 19.8. The van der Waals surface area contributed by atoms with E-state index in [0.29, 0.717) is 17.2 Å². The SMILES string of the molecule is Cc1[nH]c(/C=C2/C(=O)NN=C2c2cncnc2)c(C2CC2)c1CCN1CCCC1. The highest BCUT2D eigenvalue weighted by Gasteiger charge is 2.32. The van der Waals surface area contributed by atoms with E-state index in [4.69, 9.17) is 0 Å². The van der Waals surface area contributed by atoms with E-state index in [2.05, 4.69) is 37.3 Å². The minimum atomic E-state index is -0.184. The van der Waals surface area contributed by atoms with E-state index in [-0.39, 0.29) is 5.91 Å². The number of carbonyl (C=O) groups excluding carboxylic acids is 1. The summed E-state index contributed by atoms with van der Waals surface area (Å²) < 4.78 is 0. The Bertz CT molecular complexity index is 980. The van der Waals surface area contributed by atoms with Gasteiger partial charge in [0.15, 0.2) is 0 Å². The van der Waals surface area contributed by atoms with Gasteiger partial charge in [-0.05, 0) is 75.2 Å². The molecule has 0 radical (unpaired) electrons. The number of rotatable bonds is 6. The number of nitrogens with zero attached hydrogens (tertiary/aromatic N) is 4. The zero-order valence-corrected chi connectivity index (χ0v) is 16.7. The van der Waals surface area contributed by atoms with Crippen molar-refractivity contribution in [3.8, 4) is 0 Å². The van der Waals surface area contributed by atoms with Crippen LogP contribution in [-0.2, 0) is 11.2 Å². The Kier molecular flexibility index (Phi) is 4.75. The van der Waals surface area contributed by atoms with Crippen molar-refractivity contribution in [3.05, 3.63) is 52.4 Å². The van der Waals surface area contributed by atoms with Crippen LogP contribution in [0.25, 0.3) is 6.08 Å². The Balaban J connectivity index is 1.48. The van der Waals surface area contributed by atoms with Gasteiger partial charge >= 0.3 is 0 Å². The number of H-pyrrole nitrogens is 1. The number of nitrogens with one attached hydrogen (secondary N) is 2.